The van der Waals surface area contributed by atoms with Crippen LogP contribution in [0.1, 0.15) is 34.6 Å². The van der Waals surface area contributed by atoms with Crippen molar-refractivity contribution in [2.45, 2.75) is 25.7 Å². The van der Waals surface area contributed by atoms with E-state index in [0.717, 1.165) is 25.0 Å². The molecule has 0 saturated heterocycles. The largest absolute Gasteiger partial charge is 0.476 e. The molecule has 0 fully saturated rings. The van der Waals surface area contributed by atoms with Crippen LogP contribution in [0, 0.1) is 11.6 Å². The Morgan fingerprint density at radius 1 is 1.24 bits per heavy atom. The number of carboxylic acids is 1. The minimum atomic E-state index is -1.15. The molecule has 1 aliphatic carbocycles. The Labute approximate surface area is 127 Å². The van der Waals surface area contributed by atoms with Crippen LogP contribution in [0.15, 0.2) is 16.6 Å². The highest BCUT2D eigenvalue weighted by Gasteiger charge is 2.26. The summed E-state index contributed by atoms with van der Waals surface area (Å²) in [5.74, 6) is -2.43. The maximum Gasteiger partial charge on any atom is 0.356 e. The SMILES string of the molecule is O=C(O)c1nn(-c2cc(F)c(Br)cc2F)c2c1CCCC2. The zero-order valence-electron chi connectivity index (χ0n) is 10.9. The summed E-state index contributed by atoms with van der Waals surface area (Å²) in [4.78, 5) is 11.3. The monoisotopic (exact) mass is 356 g/mol. The molecule has 1 aliphatic rings. The number of hydrogen-bond donors (Lipinski definition) is 1. The van der Waals surface area contributed by atoms with Crippen molar-refractivity contribution in [2.75, 3.05) is 0 Å². The Bertz CT molecular complexity index is 743. The summed E-state index contributed by atoms with van der Waals surface area (Å²) in [6.07, 6.45) is 2.94. The van der Waals surface area contributed by atoms with Gasteiger partial charge in [-0.25, -0.2) is 18.3 Å². The molecule has 110 valence electrons. The zero-order chi connectivity index (χ0) is 15.1. The van der Waals surface area contributed by atoms with Crippen molar-refractivity contribution >= 4 is 21.9 Å². The van der Waals surface area contributed by atoms with Gasteiger partial charge in [-0.15, -0.1) is 0 Å². The molecule has 0 bridgehead atoms. The number of fused-ring (bicyclic) bond motifs is 1. The molecule has 21 heavy (non-hydrogen) atoms. The summed E-state index contributed by atoms with van der Waals surface area (Å²) >= 11 is 2.92. The molecule has 1 N–H and O–H groups in total. The van der Waals surface area contributed by atoms with Crippen LogP contribution in [0.2, 0.25) is 0 Å². The van der Waals surface area contributed by atoms with Crippen LogP contribution in [-0.4, -0.2) is 20.9 Å². The number of benzene rings is 1. The highest BCUT2D eigenvalue weighted by Crippen LogP contribution is 2.29. The molecule has 0 spiro atoms. The number of carbonyl (C=O) groups is 1. The Kier molecular flexibility index (Phi) is 3.52. The van der Waals surface area contributed by atoms with Crippen LogP contribution < -0.4 is 0 Å². The average molecular weight is 357 g/mol. The fourth-order valence-corrected chi connectivity index (χ4v) is 2.96. The molecule has 3 rings (SSSR count). The lowest BCUT2D eigenvalue weighted by molar-refractivity contribution is 0.0688. The topological polar surface area (TPSA) is 55.1 Å². The molecule has 1 aromatic heterocycles. The highest BCUT2D eigenvalue weighted by molar-refractivity contribution is 9.10. The molecule has 7 heteroatoms. The molecule has 4 nitrogen and oxygen atoms in total. The molecule has 0 unspecified atom stereocenters. The Morgan fingerprint density at radius 2 is 1.95 bits per heavy atom. The Balaban J connectivity index is 2.24. The van der Waals surface area contributed by atoms with E-state index >= 15 is 0 Å². The average Bonchev–Trinajstić information content (AvgIpc) is 2.82. The Hall–Kier alpha value is -1.76. The third-order valence-corrected chi connectivity index (χ3v) is 4.21. The third kappa shape index (κ3) is 2.35. The highest BCUT2D eigenvalue weighted by atomic mass is 79.9. The van der Waals surface area contributed by atoms with Crippen LogP contribution in [0.3, 0.4) is 0 Å². The number of hydrogen-bond acceptors (Lipinski definition) is 2. The molecule has 0 radical (unpaired) electrons. The normalized spacial score (nSPS) is 14.0. The third-order valence-electron chi connectivity index (χ3n) is 3.60. The van der Waals surface area contributed by atoms with Gasteiger partial charge in [-0.2, -0.15) is 5.10 Å². The van der Waals surface area contributed by atoms with Gasteiger partial charge in [-0.05, 0) is 47.7 Å². The second-order valence-electron chi connectivity index (χ2n) is 4.92. The zero-order valence-corrected chi connectivity index (χ0v) is 12.5. The van der Waals surface area contributed by atoms with E-state index in [1.165, 1.54) is 4.68 Å². The second kappa shape index (κ2) is 5.22. The van der Waals surface area contributed by atoms with Gasteiger partial charge in [-0.1, -0.05) is 0 Å². The van der Waals surface area contributed by atoms with E-state index in [-0.39, 0.29) is 15.9 Å². The summed E-state index contributed by atoms with van der Waals surface area (Å²) in [6.45, 7) is 0. The van der Waals surface area contributed by atoms with E-state index < -0.39 is 17.6 Å². The smallest absolute Gasteiger partial charge is 0.356 e. The lowest BCUT2D eigenvalue weighted by Gasteiger charge is -2.14. The molecular formula is C14H11BrF2N2O2. The first-order chi connectivity index (χ1) is 9.99. The van der Waals surface area contributed by atoms with Gasteiger partial charge in [0.15, 0.2) is 5.69 Å². The summed E-state index contributed by atoms with van der Waals surface area (Å²) in [6, 6.07) is 2.04. The fraction of sp³-hybridized carbons (Fsp3) is 0.286. The van der Waals surface area contributed by atoms with Crippen molar-refractivity contribution in [1.82, 2.24) is 9.78 Å². The maximum absolute atomic E-state index is 14.1. The molecule has 0 atom stereocenters. The second-order valence-corrected chi connectivity index (χ2v) is 5.77. The lowest BCUT2D eigenvalue weighted by atomic mass is 9.95. The number of carboxylic acid groups (broad SMARTS) is 1. The van der Waals surface area contributed by atoms with E-state index in [4.69, 9.17) is 0 Å². The van der Waals surface area contributed by atoms with E-state index in [1.807, 2.05) is 0 Å². The number of aromatic carboxylic acids is 1. The standard InChI is InChI=1S/C14H11BrF2N2O2/c15-8-5-10(17)12(6-9(8)16)19-11-4-2-1-3-7(11)13(18-19)14(20)21/h5-6H,1-4H2,(H,20,21). The van der Waals surface area contributed by atoms with Crippen LogP contribution in [0.5, 0.6) is 0 Å². The van der Waals surface area contributed by atoms with Crippen molar-refractivity contribution < 1.29 is 18.7 Å². The number of aromatic nitrogens is 2. The molecule has 1 aromatic carbocycles. The van der Waals surface area contributed by atoms with Gasteiger partial charge in [0.1, 0.15) is 17.3 Å². The molecule has 0 aliphatic heterocycles. The van der Waals surface area contributed by atoms with Gasteiger partial charge in [0, 0.05) is 17.3 Å². The molecule has 2 aromatic rings. The molecule has 0 amide bonds. The summed E-state index contributed by atoms with van der Waals surface area (Å²) in [5, 5.41) is 13.2. The Morgan fingerprint density at radius 3 is 2.67 bits per heavy atom. The summed E-state index contributed by atoms with van der Waals surface area (Å²) in [7, 11) is 0. The number of nitrogens with zero attached hydrogens (tertiary/aromatic N) is 2. The first-order valence-electron chi connectivity index (χ1n) is 6.48. The van der Waals surface area contributed by atoms with Crippen molar-refractivity contribution in [1.29, 1.82) is 0 Å². The van der Waals surface area contributed by atoms with E-state index in [0.29, 0.717) is 24.1 Å². The van der Waals surface area contributed by atoms with Gasteiger partial charge < -0.3 is 5.11 Å². The van der Waals surface area contributed by atoms with Gasteiger partial charge in [0.2, 0.25) is 0 Å². The van der Waals surface area contributed by atoms with E-state index in [2.05, 4.69) is 21.0 Å². The molecular weight excluding hydrogens is 346 g/mol. The van der Waals surface area contributed by atoms with Crippen LogP contribution in [-0.2, 0) is 12.8 Å². The van der Waals surface area contributed by atoms with Gasteiger partial charge >= 0.3 is 5.97 Å². The van der Waals surface area contributed by atoms with Crippen molar-refractivity contribution in [3.63, 3.8) is 0 Å². The quantitative estimate of drug-likeness (QED) is 0.838. The minimum absolute atomic E-state index is 0.0169. The first kappa shape index (κ1) is 14.2. The van der Waals surface area contributed by atoms with Crippen molar-refractivity contribution in [2.24, 2.45) is 0 Å². The maximum atomic E-state index is 14.1. The minimum Gasteiger partial charge on any atom is -0.476 e. The molecule has 1 heterocycles. The summed E-state index contributed by atoms with van der Waals surface area (Å²) < 4.78 is 29.0. The fourth-order valence-electron chi connectivity index (χ4n) is 2.64. The van der Waals surface area contributed by atoms with Gasteiger partial charge in [-0.3, -0.25) is 0 Å². The number of rotatable bonds is 2. The van der Waals surface area contributed by atoms with E-state index in [1.54, 1.807) is 0 Å². The predicted molar refractivity (Wildman–Crippen MR) is 74.8 cm³/mol. The predicted octanol–water partition coefficient (Wildman–Crippen LogP) is 3.49. The first-order valence-corrected chi connectivity index (χ1v) is 7.27. The van der Waals surface area contributed by atoms with Crippen molar-refractivity contribution in [3.8, 4) is 5.69 Å². The van der Waals surface area contributed by atoms with Gasteiger partial charge in [0.05, 0.1) is 4.47 Å². The van der Waals surface area contributed by atoms with Crippen LogP contribution >= 0.6 is 15.9 Å². The number of halogens is 3. The van der Waals surface area contributed by atoms with E-state index in [9.17, 15) is 18.7 Å². The lowest BCUT2D eigenvalue weighted by Crippen LogP contribution is -2.09. The van der Waals surface area contributed by atoms with Crippen molar-refractivity contribution in [3.05, 3.63) is 45.2 Å². The van der Waals surface area contributed by atoms with Gasteiger partial charge in [0.25, 0.3) is 0 Å². The van der Waals surface area contributed by atoms with Crippen LogP contribution in [0.25, 0.3) is 5.69 Å². The summed E-state index contributed by atoms with van der Waals surface area (Å²) in [5.41, 5.74) is 1.13. The molecule has 0 saturated carbocycles. The van der Waals surface area contributed by atoms with Crippen LogP contribution in [0.4, 0.5) is 8.78 Å².